The van der Waals surface area contributed by atoms with Gasteiger partial charge in [0.1, 0.15) is 11.2 Å². The first-order valence-corrected chi connectivity index (χ1v) is 9.23. The van der Waals surface area contributed by atoms with Crippen molar-refractivity contribution >= 4 is 29.5 Å². The lowest BCUT2D eigenvalue weighted by atomic mass is 10.1. The summed E-state index contributed by atoms with van der Waals surface area (Å²) in [7, 11) is 0. The third kappa shape index (κ3) is 5.96. The lowest BCUT2D eigenvalue weighted by molar-refractivity contribution is 0.0430. The number of rotatable bonds is 2. The Kier molecular flexibility index (Phi) is 6.34. The Bertz CT molecular complexity index is 827. The number of anilines is 1. The number of halogens is 1. The van der Waals surface area contributed by atoms with Crippen LogP contribution in [0.1, 0.15) is 41.5 Å². The molecule has 1 aromatic carbocycles. The van der Waals surface area contributed by atoms with Gasteiger partial charge >= 0.3 is 12.2 Å². The molecule has 0 bridgehead atoms. The number of imide groups is 1. The van der Waals surface area contributed by atoms with Crippen LogP contribution < -0.4 is 4.90 Å². The Morgan fingerprint density at radius 2 is 1.36 bits per heavy atom. The van der Waals surface area contributed by atoms with Gasteiger partial charge in [0.2, 0.25) is 0 Å². The number of benzene rings is 1. The summed E-state index contributed by atoms with van der Waals surface area (Å²) in [5.74, 6) is 0. The molecule has 1 aromatic heterocycles. The number of amides is 2. The molecule has 0 atom stereocenters. The second-order valence-corrected chi connectivity index (χ2v) is 8.53. The summed E-state index contributed by atoms with van der Waals surface area (Å²) in [5.41, 5.74) is -0.0489. The Morgan fingerprint density at radius 3 is 1.79 bits per heavy atom. The zero-order valence-corrected chi connectivity index (χ0v) is 17.7. The Morgan fingerprint density at radius 1 is 0.857 bits per heavy atom. The van der Waals surface area contributed by atoms with Gasteiger partial charge < -0.3 is 9.47 Å². The fourth-order valence-electron chi connectivity index (χ4n) is 2.25. The minimum atomic E-state index is -0.891. The molecule has 0 radical (unpaired) electrons. The van der Waals surface area contributed by atoms with Crippen LogP contribution in [0.4, 0.5) is 15.3 Å². The zero-order chi connectivity index (χ0) is 21.1. The highest BCUT2D eigenvalue weighted by molar-refractivity contribution is 6.33. The van der Waals surface area contributed by atoms with Gasteiger partial charge in [0.25, 0.3) is 0 Å². The number of nitrogens with zero attached hydrogens (tertiary/aromatic N) is 2. The minimum absolute atomic E-state index is 0.0157. The van der Waals surface area contributed by atoms with E-state index in [0.29, 0.717) is 5.69 Å². The summed E-state index contributed by atoms with van der Waals surface area (Å²) < 4.78 is 10.7. The quantitative estimate of drug-likeness (QED) is 0.567. The summed E-state index contributed by atoms with van der Waals surface area (Å²) in [6.45, 7) is 10.2. The van der Waals surface area contributed by atoms with E-state index >= 15 is 0 Å². The molecular formula is C21H25ClN2O4. The van der Waals surface area contributed by atoms with Gasteiger partial charge in [-0.2, -0.15) is 4.90 Å². The van der Waals surface area contributed by atoms with Crippen LogP contribution in [0.2, 0.25) is 5.15 Å². The van der Waals surface area contributed by atoms with E-state index in [0.717, 1.165) is 10.5 Å². The van der Waals surface area contributed by atoms with Crippen molar-refractivity contribution in [2.75, 3.05) is 4.90 Å². The van der Waals surface area contributed by atoms with E-state index in [1.807, 2.05) is 30.3 Å². The smallest absolute Gasteiger partial charge is 0.424 e. The zero-order valence-electron chi connectivity index (χ0n) is 16.9. The molecule has 0 aliphatic carbocycles. The molecule has 2 amide bonds. The standard InChI is InChI=1S/C21H25ClN2O4/c1-20(2,3)27-18(25)24(19(26)28-21(4,5)6)16-13-12-15(23-17(16)22)14-10-8-7-9-11-14/h7-13H,1-6H3. The normalized spacial score (nSPS) is 11.7. The van der Waals surface area contributed by atoms with Crippen LogP contribution in [0.15, 0.2) is 42.5 Å². The molecular weight excluding hydrogens is 380 g/mol. The molecule has 0 aliphatic heterocycles. The fourth-order valence-corrected chi connectivity index (χ4v) is 2.49. The predicted octanol–water partition coefficient (Wildman–Crippen LogP) is 6.08. The molecule has 2 rings (SSSR count). The van der Waals surface area contributed by atoms with E-state index in [2.05, 4.69) is 4.98 Å². The molecule has 150 valence electrons. The molecule has 0 saturated carbocycles. The van der Waals surface area contributed by atoms with Crippen molar-refractivity contribution in [3.05, 3.63) is 47.6 Å². The molecule has 7 heteroatoms. The maximum Gasteiger partial charge on any atom is 0.424 e. The highest BCUT2D eigenvalue weighted by atomic mass is 35.5. The predicted molar refractivity (Wildman–Crippen MR) is 110 cm³/mol. The number of hydrogen-bond acceptors (Lipinski definition) is 5. The van der Waals surface area contributed by atoms with Crippen LogP contribution >= 0.6 is 11.6 Å². The first-order valence-electron chi connectivity index (χ1n) is 8.85. The van der Waals surface area contributed by atoms with Crippen molar-refractivity contribution in [2.45, 2.75) is 52.7 Å². The van der Waals surface area contributed by atoms with Gasteiger partial charge in [0, 0.05) is 5.56 Å². The number of hydrogen-bond donors (Lipinski definition) is 0. The van der Waals surface area contributed by atoms with Crippen LogP contribution in [0.5, 0.6) is 0 Å². The minimum Gasteiger partial charge on any atom is -0.443 e. The van der Waals surface area contributed by atoms with Gasteiger partial charge in [-0.05, 0) is 53.7 Å². The van der Waals surface area contributed by atoms with Crippen LogP contribution in [-0.2, 0) is 9.47 Å². The molecule has 0 N–H and O–H groups in total. The van der Waals surface area contributed by atoms with Gasteiger partial charge in [0.15, 0.2) is 5.15 Å². The van der Waals surface area contributed by atoms with Gasteiger partial charge in [0.05, 0.1) is 11.4 Å². The molecule has 0 aliphatic rings. The lowest BCUT2D eigenvalue weighted by Gasteiger charge is -2.28. The van der Waals surface area contributed by atoms with Crippen molar-refractivity contribution in [1.82, 2.24) is 4.98 Å². The van der Waals surface area contributed by atoms with Crippen LogP contribution in [-0.4, -0.2) is 28.4 Å². The maximum absolute atomic E-state index is 12.7. The Balaban J connectivity index is 2.45. The number of carbonyl (C=O) groups excluding carboxylic acids is 2. The number of aromatic nitrogens is 1. The number of carbonyl (C=O) groups is 2. The van der Waals surface area contributed by atoms with E-state index in [4.69, 9.17) is 21.1 Å². The Labute approximate surface area is 170 Å². The molecule has 0 unspecified atom stereocenters. The summed E-state index contributed by atoms with van der Waals surface area (Å²) in [5, 5.41) is -0.0157. The van der Waals surface area contributed by atoms with Crippen molar-refractivity contribution in [3.63, 3.8) is 0 Å². The third-order valence-corrected chi connectivity index (χ3v) is 3.57. The average Bonchev–Trinajstić information content (AvgIpc) is 2.54. The summed E-state index contributed by atoms with van der Waals surface area (Å²) >= 11 is 6.34. The maximum atomic E-state index is 12.7. The molecule has 0 saturated heterocycles. The third-order valence-electron chi connectivity index (χ3n) is 3.29. The fraction of sp³-hybridized carbons (Fsp3) is 0.381. The first-order chi connectivity index (χ1) is 12.9. The molecule has 28 heavy (non-hydrogen) atoms. The summed E-state index contributed by atoms with van der Waals surface area (Å²) in [6.07, 6.45) is -1.78. The number of ether oxygens (including phenoxy) is 2. The van der Waals surface area contributed by atoms with E-state index in [9.17, 15) is 9.59 Å². The molecule has 1 heterocycles. The SMILES string of the molecule is CC(C)(C)OC(=O)N(C(=O)OC(C)(C)C)c1ccc(-c2ccccc2)nc1Cl. The van der Waals surface area contributed by atoms with Gasteiger partial charge in [-0.15, -0.1) is 0 Å². The van der Waals surface area contributed by atoms with Gasteiger partial charge in [-0.1, -0.05) is 41.9 Å². The second kappa shape index (κ2) is 8.19. The molecule has 0 fully saturated rings. The van der Waals surface area contributed by atoms with Crippen molar-refractivity contribution < 1.29 is 19.1 Å². The first kappa shape index (κ1) is 21.7. The van der Waals surface area contributed by atoms with E-state index in [1.54, 1.807) is 53.7 Å². The highest BCUT2D eigenvalue weighted by Gasteiger charge is 2.34. The summed E-state index contributed by atoms with van der Waals surface area (Å²) in [6, 6.07) is 12.7. The van der Waals surface area contributed by atoms with Crippen LogP contribution in [0, 0.1) is 0 Å². The Hall–Kier alpha value is -2.60. The second-order valence-electron chi connectivity index (χ2n) is 8.17. The van der Waals surface area contributed by atoms with Gasteiger partial charge in [-0.3, -0.25) is 0 Å². The summed E-state index contributed by atoms with van der Waals surface area (Å²) in [4.78, 5) is 30.5. The van der Waals surface area contributed by atoms with Crippen LogP contribution in [0.3, 0.4) is 0 Å². The number of pyridine rings is 1. The molecule has 0 spiro atoms. The van der Waals surface area contributed by atoms with E-state index in [1.165, 1.54) is 0 Å². The van der Waals surface area contributed by atoms with Gasteiger partial charge in [-0.25, -0.2) is 14.6 Å². The molecule has 2 aromatic rings. The van der Waals surface area contributed by atoms with Crippen molar-refractivity contribution in [3.8, 4) is 11.3 Å². The van der Waals surface area contributed by atoms with Crippen molar-refractivity contribution in [2.24, 2.45) is 0 Å². The molecule has 6 nitrogen and oxygen atoms in total. The lowest BCUT2D eigenvalue weighted by Crippen LogP contribution is -2.44. The van der Waals surface area contributed by atoms with Crippen molar-refractivity contribution in [1.29, 1.82) is 0 Å². The van der Waals surface area contributed by atoms with E-state index < -0.39 is 23.4 Å². The average molecular weight is 405 g/mol. The monoisotopic (exact) mass is 404 g/mol. The highest BCUT2D eigenvalue weighted by Crippen LogP contribution is 2.30. The largest absolute Gasteiger partial charge is 0.443 e. The van der Waals surface area contributed by atoms with Crippen LogP contribution in [0.25, 0.3) is 11.3 Å². The van der Waals surface area contributed by atoms with E-state index in [-0.39, 0.29) is 10.8 Å². The topological polar surface area (TPSA) is 68.7 Å².